The standard InChI is InChI=1S/C18H17FN6O3/c1-26-15-8-12(9-22-23-17(20)16-18(21)25-28-24-16)4-7-14(15)27-10-11-2-5-13(19)6-3-11/h2-9H,10H2,1H3,(H2,20,23)(H2,21,25)/p+1/b22-9+. The first-order valence-corrected chi connectivity index (χ1v) is 8.12. The molecule has 144 valence electrons. The van der Waals surface area contributed by atoms with Gasteiger partial charge in [-0.15, -0.1) is 5.10 Å². The molecule has 10 heteroatoms. The van der Waals surface area contributed by atoms with Crippen LogP contribution in [0.25, 0.3) is 0 Å². The number of aromatic nitrogens is 2. The third-order valence-corrected chi connectivity index (χ3v) is 3.67. The number of nitrogens with one attached hydrogen (secondary N) is 1. The number of hydrogen-bond donors (Lipinski definition) is 3. The van der Waals surface area contributed by atoms with Gasteiger partial charge >= 0.3 is 0 Å². The minimum absolute atomic E-state index is 0.0289. The molecule has 0 saturated heterocycles. The second-order valence-corrected chi connectivity index (χ2v) is 5.59. The van der Waals surface area contributed by atoms with E-state index in [9.17, 15) is 4.39 Å². The van der Waals surface area contributed by atoms with Crippen LogP contribution in [-0.4, -0.2) is 29.5 Å². The fourth-order valence-corrected chi connectivity index (χ4v) is 2.24. The molecule has 2 aromatic carbocycles. The van der Waals surface area contributed by atoms with Gasteiger partial charge in [0.05, 0.1) is 7.11 Å². The lowest BCUT2D eigenvalue weighted by molar-refractivity contribution is -0.456. The van der Waals surface area contributed by atoms with Crippen LogP contribution in [0, 0.1) is 5.82 Å². The number of nitrogen functional groups attached to an aromatic ring is 1. The lowest BCUT2D eigenvalue weighted by Gasteiger charge is -2.11. The van der Waals surface area contributed by atoms with Crippen LogP contribution in [0.2, 0.25) is 0 Å². The van der Waals surface area contributed by atoms with Gasteiger partial charge in [0.1, 0.15) is 12.4 Å². The van der Waals surface area contributed by atoms with Crippen LogP contribution >= 0.6 is 0 Å². The zero-order valence-corrected chi connectivity index (χ0v) is 14.9. The quantitative estimate of drug-likeness (QED) is 0.300. The van der Waals surface area contributed by atoms with Crippen molar-refractivity contribution in [1.29, 1.82) is 0 Å². The van der Waals surface area contributed by atoms with Crippen molar-refractivity contribution in [3.05, 3.63) is 65.1 Å². The van der Waals surface area contributed by atoms with Crippen LogP contribution in [0.3, 0.4) is 0 Å². The summed E-state index contributed by atoms with van der Waals surface area (Å²) in [5.41, 5.74) is 13.0. The van der Waals surface area contributed by atoms with Gasteiger partial charge in [0.25, 0.3) is 0 Å². The molecule has 9 nitrogen and oxygen atoms in total. The summed E-state index contributed by atoms with van der Waals surface area (Å²) < 4.78 is 28.5. The number of nitrogens with zero attached hydrogens (tertiary/aromatic N) is 3. The van der Waals surface area contributed by atoms with Crippen molar-refractivity contribution >= 4 is 17.9 Å². The van der Waals surface area contributed by atoms with E-state index in [1.165, 1.54) is 19.2 Å². The minimum Gasteiger partial charge on any atom is -0.493 e. The lowest BCUT2D eigenvalue weighted by atomic mass is 10.2. The number of hydrazone groups is 1. The predicted molar refractivity (Wildman–Crippen MR) is 99.3 cm³/mol. The summed E-state index contributed by atoms with van der Waals surface area (Å²) >= 11 is 0. The first-order valence-electron chi connectivity index (χ1n) is 8.12. The molecule has 3 aromatic rings. The van der Waals surface area contributed by atoms with E-state index in [-0.39, 0.29) is 29.8 Å². The van der Waals surface area contributed by atoms with Gasteiger partial charge < -0.3 is 20.9 Å². The number of rotatable bonds is 7. The third-order valence-electron chi connectivity index (χ3n) is 3.67. The van der Waals surface area contributed by atoms with Crippen LogP contribution in [-0.2, 0) is 6.61 Å². The first-order chi connectivity index (χ1) is 13.6. The zero-order chi connectivity index (χ0) is 19.9. The maximum atomic E-state index is 13.0. The Hall–Kier alpha value is -3.95. The molecule has 1 heterocycles. The van der Waals surface area contributed by atoms with E-state index >= 15 is 0 Å². The Balaban J connectivity index is 1.68. The monoisotopic (exact) mass is 385 g/mol. The summed E-state index contributed by atoms with van der Waals surface area (Å²) in [6.45, 7) is 0.284. The van der Waals surface area contributed by atoms with E-state index < -0.39 is 0 Å². The summed E-state index contributed by atoms with van der Waals surface area (Å²) in [6.07, 6.45) is 1.60. The lowest BCUT2D eigenvalue weighted by Crippen LogP contribution is -2.63. The van der Waals surface area contributed by atoms with Gasteiger partial charge in [0, 0.05) is 10.7 Å². The highest BCUT2D eigenvalue weighted by atomic mass is 19.1. The van der Waals surface area contributed by atoms with Gasteiger partial charge in [-0.3, -0.25) is 0 Å². The molecule has 0 aliphatic carbocycles. The van der Waals surface area contributed by atoms with Crippen LogP contribution in [0.5, 0.6) is 11.5 Å². The van der Waals surface area contributed by atoms with Crippen LogP contribution in [0.4, 0.5) is 10.2 Å². The number of methoxy groups -OCH3 is 1. The number of hydrogen-bond acceptors (Lipinski definition) is 7. The highest BCUT2D eigenvalue weighted by Crippen LogP contribution is 2.28. The molecule has 0 fully saturated rings. The second-order valence-electron chi connectivity index (χ2n) is 5.59. The second kappa shape index (κ2) is 8.62. The first kappa shape index (κ1) is 18.8. The number of anilines is 1. The van der Waals surface area contributed by atoms with Crippen LogP contribution < -0.4 is 26.0 Å². The Bertz CT molecular complexity index is 1000. The van der Waals surface area contributed by atoms with Gasteiger partial charge in [0.15, 0.2) is 23.0 Å². The van der Waals surface area contributed by atoms with Crippen molar-refractivity contribution < 1.29 is 23.6 Å². The number of halogens is 1. The molecule has 0 aliphatic heterocycles. The number of nitrogens with two attached hydrogens (primary N) is 2. The summed E-state index contributed by atoms with van der Waals surface area (Å²) in [4.78, 5) is 0. The number of amidine groups is 1. The van der Waals surface area contributed by atoms with Crippen LogP contribution in [0.15, 0.2) is 52.2 Å². The van der Waals surface area contributed by atoms with E-state index in [2.05, 4.69) is 25.1 Å². The molecule has 28 heavy (non-hydrogen) atoms. The third kappa shape index (κ3) is 4.61. The van der Waals surface area contributed by atoms with Crippen molar-refractivity contribution in [2.45, 2.75) is 6.61 Å². The number of ether oxygens (including phenoxy) is 2. The highest BCUT2D eigenvalue weighted by molar-refractivity contribution is 5.98. The maximum absolute atomic E-state index is 13.0. The molecule has 5 N–H and O–H groups in total. The van der Waals surface area contributed by atoms with Crippen molar-refractivity contribution in [1.82, 2.24) is 10.3 Å². The Morgan fingerprint density at radius 3 is 2.68 bits per heavy atom. The van der Waals surface area contributed by atoms with Crippen LogP contribution in [0.1, 0.15) is 16.8 Å². The van der Waals surface area contributed by atoms with E-state index in [1.54, 1.807) is 36.5 Å². The van der Waals surface area contributed by atoms with Gasteiger partial charge in [0.2, 0.25) is 12.1 Å². The minimum atomic E-state index is -0.292. The molecule has 3 rings (SSSR count). The SMILES string of the molecule is COc1cc(/C=[NH+]/N=C(N)c2nonc2N)ccc1OCc1ccc(F)cc1. The van der Waals surface area contributed by atoms with Crippen molar-refractivity contribution in [3.63, 3.8) is 0 Å². The Morgan fingerprint density at radius 2 is 2.00 bits per heavy atom. The zero-order valence-electron chi connectivity index (χ0n) is 14.9. The van der Waals surface area contributed by atoms with Gasteiger partial charge in [-0.2, -0.15) is 0 Å². The largest absolute Gasteiger partial charge is 0.493 e. The average Bonchev–Trinajstić information content (AvgIpc) is 3.14. The summed E-state index contributed by atoms with van der Waals surface area (Å²) in [5.74, 6) is 0.862. The molecule has 0 amide bonds. The molecule has 1 aromatic heterocycles. The molecule has 0 aliphatic rings. The molecule has 0 saturated carbocycles. The van der Waals surface area contributed by atoms with Crippen molar-refractivity contribution in [3.8, 4) is 11.5 Å². The Kier molecular flexibility index (Phi) is 5.80. The molecule has 0 unspecified atom stereocenters. The Morgan fingerprint density at radius 1 is 1.21 bits per heavy atom. The average molecular weight is 385 g/mol. The van der Waals surface area contributed by atoms with E-state index in [0.29, 0.717) is 11.5 Å². The van der Waals surface area contributed by atoms with Crippen molar-refractivity contribution in [2.24, 2.45) is 10.8 Å². The number of benzene rings is 2. The topological polar surface area (TPSA) is 136 Å². The maximum Gasteiger partial charge on any atom is 0.224 e. The molecular formula is C18H18FN6O3+. The Labute approximate surface area is 159 Å². The summed E-state index contributed by atoms with van der Waals surface area (Å²) in [6, 6.07) is 11.4. The fraction of sp³-hybridized carbons (Fsp3) is 0.111. The van der Waals surface area contributed by atoms with E-state index in [0.717, 1.165) is 11.1 Å². The smallest absolute Gasteiger partial charge is 0.224 e. The molecule has 0 atom stereocenters. The highest BCUT2D eigenvalue weighted by Gasteiger charge is 2.12. The van der Waals surface area contributed by atoms with Crippen molar-refractivity contribution in [2.75, 3.05) is 12.8 Å². The molecule has 0 spiro atoms. The molecule has 0 radical (unpaired) electrons. The van der Waals surface area contributed by atoms with E-state index in [1.807, 2.05) is 0 Å². The van der Waals surface area contributed by atoms with Gasteiger partial charge in [-0.25, -0.2) is 9.02 Å². The predicted octanol–water partition coefficient (Wildman–Crippen LogP) is 0.199. The van der Waals surface area contributed by atoms with E-state index in [4.69, 9.17) is 20.9 Å². The molecule has 0 bridgehead atoms. The van der Waals surface area contributed by atoms with Gasteiger partial charge in [-0.1, -0.05) is 12.1 Å². The molecular weight excluding hydrogens is 367 g/mol. The van der Waals surface area contributed by atoms with Gasteiger partial charge in [-0.05, 0) is 46.2 Å². The summed E-state index contributed by atoms with van der Waals surface area (Å²) in [7, 11) is 1.54. The fourth-order valence-electron chi connectivity index (χ4n) is 2.24. The summed E-state index contributed by atoms with van der Waals surface area (Å²) in [5, 5.41) is 13.6. The normalized spacial score (nSPS) is 11.7.